The first-order valence-corrected chi connectivity index (χ1v) is 8.71. The third-order valence-electron chi connectivity index (χ3n) is 4.59. The largest absolute Gasteiger partial charge is 0.416 e. The molecule has 0 aliphatic carbocycles. The summed E-state index contributed by atoms with van der Waals surface area (Å²) < 4.78 is 66.1. The molecule has 0 radical (unpaired) electrons. The van der Waals surface area contributed by atoms with E-state index in [2.05, 4.69) is 5.32 Å². The maximum Gasteiger partial charge on any atom is 0.416 e. The van der Waals surface area contributed by atoms with Crippen LogP contribution in [0.1, 0.15) is 22.3 Å². The van der Waals surface area contributed by atoms with Gasteiger partial charge in [-0.25, -0.2) is 8.78 Å². The quantitative estimate of drug-likeness (QED) is 0.764. The molecule has 1 aromatic heterocycles. The number of nitriles is 1. The zero-order chi connectivity index (χ0) is 22.1. The second-order valence-electron chi connectivity index (χ2n) is 6.76. The predicted octanol–water partition coefficient (Wildman–Crippen LogP) is 2.99. The molecule has 0 bridgehead atoms. The maximum atomic E-state index is 13.4. The van der Waals surface area contributed by atoms with Crippen LogP contribution in [0.2, 0.25) is 0 Å². The highest BCUT2D eigenvalue weighted by Crippen LogP contribution is 2.32. The molecule has 3 rings (SSSR count). The van der Waals surface area contributed by atoms with Crippen LogP contribution in [0.15, 0.2) is 42.7 Å². The van der Waals surface area contributed by atoms with Crippen LogP contribution in [0.25, 0.3) is 5.69 Å². The third-order valence-corrected chi connectivity index (χ3v) is 4.59. The number of hydrogen-bond donors (Lipinski definition) is 1. The van der Waals surface area contributed by atoms with E-state index < -0.39 is 55.0 Å². The molecule has 1 aromatic carbocycles. The van der Waals surface area contributed by atoms with Gasteiger partial charge in [0.1, 0.15) is 6.04 Å². The van der Waals surface area contributed by atoms with E-state index in [1.807, 2.05) is 0 Å². The Bertz CT molecular complexity index is 992. The maximum absolute atomic E-state index is 13.4. The van der Waals surface area contributed by atoms with Crippen molar-refractivity contribution in [2.24, 2.45) is 0 Å². The number of rotatable bonds is 4. The van der Waals surface area contributed by atoms with E-state index >= 15 is 0 Å². The molecule has 1 atom stereocenters. The molecule has 6 nitrogen and oxygen atoms in total. The number of carbonyl (C=O) groups is 2. The standard InChI is InChI=1S/C19H15F5N4O2/c20-18(21)7-15(8-25)28(11-18)16(29)9-26-17(30)12-5-6-27(10-12)14-3-1-13(2-4-14)19(22,23)24/h1-6,10,15H,7,9,11H2,(H,26,30)/t15-/m0/s1. The van der Waals surface area contributed by atoms with Crippen LogP contribution in [0, 0.1) is 11.3 Å². The monoisotopic (exact) mass is 426 g/mol. The molecule has 158 valence electrons. The molecule has 11 heteroatoms. The average molecular weight is 426 g/mol. The minimum Gasteiger partial charge on any atom is -0.343 e. The lowest BCUT2D eigenvalue weighted by Gasteiger charge is -2.19. The van der Waals surface area contributed by atoms with E-state index in [0.717, 1.165) is 17.0 Å². The highest BCUT2D eigenvalue weighted by Gasteiger charge is 2.47. The van der Waals surface area contributed by atoms with Crippen molar-refractivity contribution in [3.63, 3.8) is 0 Å². The van der Waals surface area contributed by atoms with Crippen LogP contribution >= 0.6 is 0 Å². The van der Waals surface area contributed by atoms with Crippen molar-refractivity contribution in [2.75, 3.05) is 13.1 Å². The van der Waals surface area contributed by atoms with Gasteiger partial charge in [-0.3, -0.25) is 9.59 Å². The normalized spacial score (nSPS) is 18.1. The van der Waals surface area contributed by atoms with Gasteiger partial charge in [-0.2, -0.15) is 18.4 Å². The van der Waals surface area contributed by atoms with Gasteiger partial charge >= 0.3 is 6.18 Å². The fourth-order valence-electron chi connectivity index (χ4n) is 3.07. The van der Waals surface area contributed by atoms with Crippen LogP contribution in [0.4, 0.5) is 22.0 Å². The van der Waals surface area contributed by atoms with Gasteiger partial charge in [-0.1, -0.05) is 0 Å². The van der Waals surface area contributed by atoms with Crippen molar-refractivity contribution in [1.29, 1.82) is 5.26 Å². The van der Waals surface area contributed by atoms with Gasteiger partial charge in [-0.15, -0.1) is 0 Å². The lowest BCUT2D eigenvalue weighted by molar-refractivity contribution is -0.137. The van der Waals surface area contributed by atoms with Crippen LogP contribution in [0.3, 0.4) is 0 Å². The molecule has 1 N–H and O–H groups in total. The minimum absolute atomic E-state index is 0.117. The Morgan fingerprint density at radius 1 is 1.20 bits per heavy atom. The van der Waals surface area contributed by atoms with Gasteiger partial charge in [0.2, 0.25) is 5.91 Å². The Morgan fingerprint density at radius 3 is 2.47 bits per heavy atom. The van der Waals surface area contributed by atoms with Crippen molar-refractivity contribution in [2.45, 2.75) is 24.6 Å². The first-order valence-electron chi connectivity index (χ1n) is 8.71. The summed E-state index contributed by atoms with van der Waals surface area (Å²) in [7, 11) is 0. The van der Waals surface area contributed by atoms with E-state index in [1.54, 1.807) is 6.07 Å². The van der Waals surface area contributed by atoms with Crippen molar-refractivity contribution >= 4 is 11.8 Å². The molecular weight excluding hydrogens is 411 g/mol. The van der Waals surface area contributed by atoms with Gasteiger partial charge in [0.25, 0.3) is 11.8 Å². The molecule has 2 amide bonds. The van der Waals surface area contributed by atoms with E-state index in [9.17, 15) is 31.5 Å². The lowest BCUT2D eigenvalue weighted by atomic mass is 10.2. The Kier molecular flexibility index (Phi) is 5.52. The number of likely N-dealkylation sites (tertiary alicyclic amines) is 1. The second kappa shape index (κ2) is 7.78. The minimum atomic E-state index is -4.46. The smallest absolute Gasteiger partial charge is 0.343 e. The first-order chi connectivity index (χ1) is 14.0. The number of benzene rings is 1. The summed E-state index contributed by atoms with van der Waals surface area (Å²) in [5.41, 5.74) is -0.307. The molecule has 2 aromatic rings. The molecule has 1 aliphatic heterocycles. The molecular formula is C19H15F5N4O2. The summed E-state index contributed by atoms with van der Waals surface area (Å²) in [6.07, 6.45) is -2.41. The molecule has 0 saturated carbocycles. The van der Waals surface area contributed by atoms with Gasteiger partial charge in [0.15, 0.2) is 0 Å². The zero-order valence-corrected chi connectivity index (χ0v) is 15.3. The van der Waals surface area contributed by atoms with Crippen LogP contribution in [0.5, 0.6) is 0 Å². The summed E-state index contributed by atoms with van der Waals surface area (Å²) in [6.45, 7) is -1.46. The zero-order valence-electron chi connectivity index (χ0n) is 15.3. The summed E-state index contributed by atoms with van der Waals surface area (Å²) >= 11 is 0. The highest BCUT2D eigenvalue weighted by molar-refractivity contribution is 5.96. The van der Waals surface area contributed by atoms with E-state index in [0.29, 0.717) is 5.69 Å². The number of halogens is 5. The molecule has 0 unspecified atom stereocenters. The van der Waals surface area contributed by atoms with Gasteiger partial charge in [0, 0.05) is 24.5 Å². The van der Waals surface area contributed by atoms with Crippen molar-refractivity contribution < 1.29 is 31.5 Å². The van der Waals surface area contributed by atoms with Crippen LogP contribution < -0.4 is 5.32 Å². The Morgan fingerprint density at radius 2 is 1.87 bits per heavy atom. The van der Waals surface area contributed by atoms with Crippen molar-refractivity contribution in [3.8, 4) is 11.8 Å². The SMILES string of the molecule is N#C[C@@H]1CC(F)(F)CN1C(=O)CNC(=O)c1ccn(-c2ccc(C(F)(F)F)cc2)c1. The van der Waals surface area contributed by atoms with Gasteiger partial charge < -0.3 is 14.8 Å². The third kappa shape index (κ3) is 4.59. The summed E-state index contributed by atoms with van der Waals surface area (Å²) in [4.78, 5) is 25.1. The summed E-state index contributed by atoms with van der Waals surface area (Å²) in [5.74, 6) is -4.64. The number of aromatic nitrogens is 1. The average Bonchev–Trinajstić information content (AvgIpc) is 3.29. The fraction of sp³-hybridized carbons (Fsp3) is 0.316. The number of alkyl halides is 5. The topological polar surface area (TPSA) is 78.1 Å². The summed E-state index contributed by atoms with van der Waals surface area (Å²) in [6, 6.07) is 6.07. The Hall–Kier alpha value is -3.42. The molecule has 0 spiro atoms. The van der Waals surface area contributed by atoms with Crippen LogP contribution in [-0.2, 0) is 11.0 Å². The van der Waals surface area contributed by atoms with Gasteiger partial charge in [-0.05, 0) is 30.3 Å². The fourth-order valence-corrected chi connectivity index (χ4v) is 3.07. The molecule has 2 heterocycles. The number of nitrogens with one attached hydrogen (secondary N) is 1. The van der Waals surface area contributed by atoms with Crippen molar-refractivity contribution in [3.05, 3.63) is 53.9 Å². The predicted molar refractivity (Wildman–Crippen MR) is 93.8 cm³/mol. The molecule has 1 fully saturated rings. The molecule has 1 aliphatic rings. The second-order valence-corrected chi connectivity index (χ2v) is 6.76. The number of hydrogen-bond acceptors (Lipinski definition) is 3. The lowest BCUT2D eigenvalue weighted by Crippen LogP contribution is -2.42. The molecule has 1 saturated heterocycles. The first kappa shape index (κ1) is 21.3. The van der Waals surface area contributed by atoms with E-state index in [1.165, 1.54) is 35.2 Å². The van der Waals surface area contributed by atoms with Crippen LogP contribution in [-0.4, -0.2) is 46.3 Å². The number of carbonyl (C=O) groups excluding carboxylic acids is 2. The number of amides is 2. The number of nitrogens with zero attached hydrogens (tertiary/aromatic N) is 3. The van der Waals surface area contributed by atoms with Gasteiger partial charge in [0.05, 0.1) is 30.3 Å². The highest BCUT2D eigenvalue weighted by atomic mass is 19.4. The Balaban J connectivity index is 1.62. The Labute approximate surface area is 167 Å². The van der Waals surface area contributed by atoms with Crippen molar-refractivity contribution in [1.82, 2.24) is 14.8 Å². The summed E-state index contributed by atoms with van der Waals surface area (Å²) in [5, 5.41) is 11.2. The van der Waals surface area contributed by atoms with E-state index in [-0.39, 0.29) is 5.56 Å². The van der Waals surface area contributed by atoms with E-state index in [4.69, 9.17) is 5.26 Å². The molecule has 30 heavy (non-hydrogen) atoms.